The van der Waals surface area contributed by atoms with E-state index in [4.69, 9.17) is 11.6 Å². The lowest BCUT2D eigenvalue weighted by Gasteiger charge is -2.36. The summed E-state index contributed by atoms with van der Waals surface area (Å²) in [6.07, 6.45) is 3.75. The number of carbonyl (C=O) groups excluding carboxylic acids is 1. The molecule has 1 fully saturated rings. The number of hydrogen-bond donors (Lipinski definition) is 2. The number of likely N-dealkylation sites (tertiary alicyclic amines) is 1. The summed E-state index contributed by atoms with van der Waals surface area (Å²) in [6.45, 7) is 4.94. The minimum absolute atomic E-state index is 0.0259. The number of benzene rings is 1. The second-order valence-electron chi connectivity index (χ2n) is 6.15. The van der Waals surface area contributed by atoms with E-state index in [0.717, 1.165) is 31.5 Å². The number of aliphatic hydroxyl groups is 1. The molecule has 0 aromatic heterocycles. The van der Waals surface area contributed by atoms with Gasteiger partial charge in [0.05, 0.1) is 5.56 Å². The molecule has 5 heteroatoms. The standard InChI is InChI=1S/C17H25ClN2O2/c1-12(2)19-16-11-13(18)6-7-15(16)17(22)20-9-4-3-5-14(20)8-10-21/h6-7,11-12,14,19,21H,3-5,8-10H2,1-2H3. The Bertz CT molecular complexity index is 517. The monoisotopic (exact) mass is 324 g/mol. The Kier molecular flexibility index (Phi) is 6.09. The van der Waals surface area contributed by atoms with E-state index in [-0.39, 0.29) is 24.6 Å². The van der Waals surface area contributed by atoms with Crippen molar-refractivity contribution < 1.29 is 9.90 Å². The highest BCUT2D eigenvalue weighted by Crippen LogP contribution is 2.27. The van der Waals surface area contributed by atoms with Crippen LogP contribution >= 0.6 is 11.6 Å². The number of hydrogen-bond acceptors (Lipinski definition) is 3. The van der Waals surface area contributed by atoms with Crippen molar-refractivity contribution >= 4 is 23.2 Å². The van der Waals surface area contributed by atoms with E-state index in [9.17, 15) is 9.90 Å². The second-order valence-corrected chi connectivity index (χ2v) is 6.59. The number of aliphatic hydroxyl groups excluding tert-OH is 1. The van der Waals surface area contributed by atoms with Crippen LogP contribution in [0.5, 0.6) is 0 Å². The summed E-state index contributed by atoms with van der Waals surface area (Å²) < 4.78 is 0. The zero-order chi connectivity index (χ0) is 16.1. The molecule has 0 bridgehead atoms. The molecular formula is C17H25ClN2O2. The first kappa shape index (κ1) is 17.1. The van der Waals surface area contributed by atoms with Crippen molar-refractivity contribution in [1.29, 1.82) is 0 Å². The third kappa shape index (κ3) is 4.14. The lowest BCUT2D eigenvalue weighted by atomic mass is 9.98. The number of nitrogens with zero attached hydrogens (tertiary/aromatic N) is 1. The number of anilines is 1. The van der Waals surface area contributed by atoms with Gasteiger partial charge in [-0.05, 0) is 57.7 Å². The molecule has 2 N–H and O–H groups in total. The number of piperidine rings is 1. The van der Waals surface area contributed by atoms with Crippen molar-refractivity contribution in [2.45, 2.75) is 51.6 Å². The molecule has 1 aliphatic rings. The summed E-state index contributed by atoms with van der Waals surface area (Å²) in [5.74, 6) is 0.0259. The van der Waals surface area contributed by atoms with Gasteiger partial charge in [0.1, 0.15) is 0 Å². The van der Waals surface area contributed by atoms with Gasteiger partial charge in [0, 0.05) is 35.9 Å². The van der Waals surface area contributed by atoms with Crippen molar-refractivity contribution in [3.05, 3.63) is 28.8 Å². The average molecular weight is 325 g/mol. The highest BCUT2D eigenvalue weighted by atomic mass is 35.5. The summed E-state index contributed by atoms with van der Waals surface area (Å²) in [5, 5.41) is 13.1. The number of rotatable bonds is 5. The lowest BCUT2D eigenvalue weighted by molar-refractivity contribution is 0.0575. The quantitative estimate of drug-likeness (QED) is 0.871. The van der Waals surface area contributed by atoms with Gasteiger partial charge in [0.2, 0.25) is 0 Å². The Morgan fingerprint density at radius 2 is 2.23 bits per heavy atom. The van der Waals surface area contributed by atoms with Gasteiger partial charge in [0.15, 0.2) is 0 Å². The fourth-order valence-corrected chi connectivity index (χ4v) is 3.18. The Labute approximate surface area is 137 Å². The summed E-state index contributed by atoms with van der Waals surface area (Å²) in [4.78, 5) is 14.9. The minimum Gasteiger partial charge on any atom is -0.396 e. The number of halogens is 1. The van der Waals surface area contributed by atoms with Crippen molar-refractivity contribution in [3.8, 4) is 0 Å². The summed E-state index contributed by atoms with van der Waals surface area (Å²) in [7, 11) is 0. The molecule has 1 aromatic rings. The van der Waals surface area contributed by atoms with Crippen LogP contribution in [0, 0.1) is 0 Å². The number of carbonyl (C=O) groups is 1. The van der Waals surface area contributed by atoms with Crippen LogP contribution in [0.25, 0.3) is 0 Å². The van der Waals surface area contributed by atoms with Gasteiger partial charge in [-0.1, -0.05) is 11.6 Å². The molecular weight excluding hydrogens is 300 g/mol. The topological polar surface area (TPSA) is 52.6 Å². The molecule has 122 valence electrons. The maximum atomic E-state index is 13.0. The van der Waals surface area contributed by atoms with Gasteiger partial charge >= 0.3 is 0 Å². The van der Waals surface area contributed by atoms with Crippen molar-refractivity contribution in [2.24, 2.45) is 0 Å². The van der Waals surface area contributed by atoms with Gasteiger partial charge < -0.3 is 15.3 Å². The molecule has 1 saturated heterocycles. The molecule has 4 nitrogen and oxygen atoms in total. The van der Waals surface area contributed by atoms with Gasteiger partial charge in [-0.2, -0.15) is 0 Å². The van der Waals surface area contributed by atoms with E-state index in [1.165, 1.54) is 0 Å². The molecule has 22 heavy (non-hydrogen) atoms. The van der Waals surface area contributed by atoms with Crippen molar-refractivity contribution in [1.82, 2.24) is 4.90 Å². The largest absolute Gasteiger partial charge is 0.396 e. The van der Waals surface area contributed by atoms with E-state index >= 15 is 0 Å². The van der Waals surface area contributed by atoms with Crippen LogP contribution in [-0.2, 0) is 0 Å². The van der Waals surface area contributed by atoms with Gasteiger partial charge in [-0.25, -0.2) is 0 Å². The number of nitrogens with one attached hydrogen (secondary N) is 1. The van der Waals surface area contributed by atoms with E-state index in [1.807, 2.05) is 18.7 Å². The third-order valence-electron chi connectivity index (χ3n) is 4.01. The molecule has 2 rings (SSSR count). The molecule has 1 unspecified atom stereocenters. The Hall–Kier alpha value is -1.26. The van der Waals surface area contributed by atoms with E-state index in [1.54, 1.807) is 18.2 Å². The first-order chi connectivity index (χ1) is 10.5. The van der Waals surface area contributed by atoms with Crippen LogP contribution in [0.1, 0.15) is 49.9 Å². The van der Waals surface area contributed by atoms with Crippen molar-refractivity contribution in [3.63, 3.8) is 0 Å². The second kappa shape index (κ2) is 7.84. The molecule has 1 atom stereocenters. The fraction of sp³-hybridized carbons (Fsp3) is 0.588. The zero-order valence-corrected chi connectivity index (χ0v) is 14.1. The fourth-order valence-electron chi connectivity index (χ4n) is 3.01. The van der Waals surface area contributed by atoms with E-state index in [2.05, 4.69) is 5.32 Å². The maximum Gasteiger partial charge on any atom is 0.256 e. The first-order valence-corrected chi connectivity index (χ1v) is 8.38. The summed E-state index contributed by atoms with van der Waals surface area (Å²) >= 11 is 6.07. The smallest absolute Gasteiger partial charge is 0.256 e. The van der Waals surface area contributed by atoms with Gasteiger partial charge in [0.25, 0.3) is 5.91 Å². The third-order valence-corrected chi connectivity index (χ3v) is 4.24. The predicted molar refractivity (Wildman–Crippen MR) is 90.6 cm³/mol. The molecule has 1 aromatic carbocycles. The number of amides is 1. The molecule has 0 aliphatic carbocycles. The summed E-state index contributed by atoms with van der Waals surface area (Å²) in [5.41, 5.74) is 1.43. The Balaban J connectivity index is 2.27. The van der Waals surface area contributed by atoms with Gasteiger partial charge in [-0.15, -0.1) is 0 Å². The molecule has 0 radical (unpaired) electrons. The van der Waals surface area contributed by atoms with Crippen LogP contribution < -0.4 is 5.32 Å². The summed E-state index contributed by atoms with van der Waals surface area (Å²) in [6, 6.07) is 5.71. The molecule has 0 saturated carbocycles. The van der Waals surface area contributed by atoms with E-state index in [0.29, 0.717) is 17.0 Å². The zero-order valence-electron chi connectivity index (χ0n) is 13.3. The van der Waals surface area contributed by atoms with Crippen LogP contribution in [0.2, 0.25) is 5.02 Å². The highest BCUT2D eigenvalue weighted by molar-refractivity contribution is 6.31. The highest BCUT2D eigenvalue weighted by Gasteiger charge is 2.28. The average Bonchev–Trinajstić information content (AvgIpc) is 2.47. The molecule has 1 aliphatic heterocycles. The van der Waals surface area contributed by atoms with E-state index < -0.39 is 0 Å². The molecule has 1 amide bonds. The predicted octanol–water partition coefficient (Wildman–Crippen LogP) is 3.54. The molecule has 1 heterocycles. The van der Waals surface area contributed by atoms with Crippen LogP contribution in [0.4, 0.5) is 5.69 Å². The van der Waals surface area contributed by atoms with Crippen molar-refractivity contribution in [2.75, 3.05) is 18.5 Å². The Morgan fingerprint density at radius 3 is 2.91 bits per heavy atom. The minimum atomic E-state index is 0.0259. The normalized spacial score (nSPS) is 18.6. The lowest BCUT2D eigenvalue weighted by Crippen LogP contribution is -2.44. The van der Waals surface area contributed by atoms with Gasteiger partial charge in [-0.3, -0.25) is 4.79 Å². The Morgan fingerprint density at radius 1 is 1.45 bits per heavy atom. The first-order valence-electron chi connectivity index (χ1n) is 8.01. The maximum absolute atomic E-state index is 13.0. The van der Waals surface area contributed by atoms with Crippen LogP contribution in [0.15, 0.2) is 18.2 Å². The van der Waals surface area contributed by atoms with Crippen LogP contribution in [0.3, 0.4) is 0 Å². The SMILES string of the molecule is CC(C)Nc1cc(Cl)ccc1C(=O)N1CCCCC1CCO. The molecule has 0 spiro atoms. The van der Waals surface area contributed by atoms with Crippen LogP contribution in [-0.4, -0.2) is 41.1 Å².